The molecule has 4 heteroatoms. The van der Waals surface area contributed by atoms with Crippen LogP contribution in [-0.2, 0) is 0 Å². The van der Waals surface area contributed by atoms with Crippen molar-refractivity contribution in [2.75, 3.05) is 6.54 Å². The van der Waals surface area contributed by atoms with Crippen LogP contribution in [-0.4, -0.2) is 22.7 Å². The molecule has 1 heterocycles. The molecule has 84 valence electrons. The molecular formula is C12H14N2OS. The van der Waals surface area contributed by atoms with E-state index >= 15 is 0 Å². The van der Waals surface area contributed by atoms with Crippen LogP contribution < -0.4 is 5.32 Å². The lowest BCUT2D eigenvalue weighted by Gasteiger charge is -2.09. The lowest BCUT2D eigenvalue weighted by atomic mass is 10.2. The van der Waals surface area contributed by atoms with Crippen molar-refractivity contribution in [3.8, 4) is 12.3 Å². The molecule has 0 unspecified atom stereocenters. The predicted octanol–water partition coefficient (Wildman–Crippen LogP) is 1.95. The van der Waals surface area contributed by atoms with Crippen molar-refractivity contribution in [2.24, 2.45) is 0 Å². The van der Waals surface area contributed by atoms with Crippen LogP contribution in [0, 0.1) is 12.3 Å². The topological polar surface area (TPSA) is 42.0 Å². The minimum atomic E-state index is -0.172. The van der Waals surface area contributed by atoms with Gasteiger partial charge in [0.2, 0.25) is 0 Å². The number of nitrogens with one attached hydrogen (secondary N) is 1. The minimum absolute atomic E-state index is 0.172. The molecule has 1 N–H and O–H groups in total. The second kappa shape index (κ2) is 6.19. The first-order valence-electron chi connectivity index (χ1n) is 4.98. The molecule has 0 fully saturated rings. The van der Waals surface area contributed by atoms with Gasteiger partial charge in [-0.15, -0.1) is 18.2 Å². The average molecular weight is 234 g/mol. The summed E-state index contributed by atoms with van der Waals surface area (Å²) in [6.45, 7) is 4.35. The quantitative estimate of drug-likeness (QED) is 0.639. The van der Waals surface area contributed by atoms with Crippen LogP contribution in [0.3, 0.4) is 0 Å². The maximum Gasteiger partial charge on any atom is 0.254 e. The molecule has 0 aliphatic carbocycles. The van der Waals surface area contributed by atoms with Gasteiger partial charge in [-0.05, 0) is 12.1 Å². The highest BCUT2D eigenvalue weighted by molar-refractivity contribution is 7.99. The normalized spacial score (nSPS) is 9.88. The van der Waals surface area contributed by atoms with Crippen LogP contribution in [0.15, 0.2) is 23.4 Å². The van der Waals surface area contributed by atoms with Crippen molar-refractivity contribution in [3.05, 3.63) is 23.9 Å². The summed E-state index contributed by atoms with van der Waals surface area (Å²) < 4.78 is 0. The summed E-state index contributed by atoms with van der Waals surface area (Å²) in [5, 5.41) is 3.76. The molecule has 0 atom stereocenters. The molecule has 3 nitrogen and oxygen atoms in total. The Balaban J connectivity index is 2.86. The summed E-state index contributed by atoms with van der Waals surface area (Å²) >= 11 is 1.56. The zero-order chi connectivity index (χ0) is 12.0. The number of carbonyl (C=O) groups excluding carboxylic acids is 1. The second-order valence-electron chi connectivity index (χ2n) is 3.41. The van der Waals surface area contributed by atoms with Crippen molar-refractivity contribution in [1.82, 2.24) is 10.3 Å². The molecule has 0 spiro atoms. The van der Waals surface area contributed by atoms with Gasteiger partial charge in [-0.1, -0.05) is 19.8 Å². The molecule has 0 saturated carbocycles. The standard InChI is InChI=1S/C12H14N2OS/c1-4-7-13-11(15)10-6-5-8-14-12(10)16-9(2)3/h1,5-6,8-9H,7H2,2-3H3,(H,13,15). The number of hydrogen-bond acceptors (Lipinski definition) is 3. The van der Waals surface area contributed by atoms with Crippen LogP contribution in [0.5, 0.6) is 0 Å². The largest absolute Gasteiger partial charge is 0.341 e. The third-order valence-corrected chi connectivity index (χ3v) is 2.73. The molecule has 1 rings (SSSR count). The monoisotopic (exact) mass is 234 g/mol. The van der Waals surface area contributed by atoms with E-state index in [2.05, 4.69) is 30.1 Å². The van der Waals surface area contributed by atoms with Gasteiger partial charge in [0.1, 0.15) is 5.03 Å². The smallest absolute Gasteiger partial charge is 0.254 e. The van der Waals surface area contributed by atoms with Crippen molar-refractivity contribution in [2.45, 2.75) is 24.1 Å². The van der Waals surface area contributed by atoms with Crippen LogP contribution >= 0.6 is 11.8 Å². The molecule has 1 aromatic heterocycles. The van der Waals surface area contributed by atoms with E-state index in [0.29, 0.717) is 10.8 Å². The first-order valence-corrected chi connectivity index (χ1v) is 5.86. The average Bonchev–Trinajstić information content (AvgIpc) is 2.26. The fourth-order valence-corrected chi connectivity index (χ4v) is 1.96. The van der Waals surface area contributed by atoms with Crippen LogP contribution in [0.1, 0.15) is 24.2 Å². The summed E-state index contributed by atoms with van der Waals surface area (Å²) in [5.41, 5.74) is 0.580. The second-order valence-corrected chi connectivity index (χ2v) is 4.97. The van der Waals surface area contributed by atoms with Gasteiger partial charge in [0.15, 0.2) is 0 Å². The zero-order valence-electron chi connectivity index (χ0n) is 9.36. The number of nitrogens with zero attached hydrogens (tertiary/aromatic N) is 1. The molecule has 1 amide bonds. The molecule has 0 aliphatic heterocycles. The van der Waals surface area contributed by atoms with E-state index in [4.69, 9.17) is 6.42 Å². The number of rotatable bonds is 4. The maximum absolute atomic E-state index is 11.7. The van der Waals surface area contributed by atoms with Gasteiger partial charge in [0, 0.05) is 11.4 Å². The fraction of sp³-hybridized carbons (Fsp3) is 0.333. The highest BCUT2D eigenvalue weighted by atomic mass is 32.2. The number of amides is 1. The first-order chi connectivity index (χ1) is 7.65. The van der Waals surface area contributed by atoms with Crippen LogP contribution in [0.4, 0.5) is 0 Å². The summed E-state index contributed by atoms with van der Waals surface area (Å²) in [5.74, 6) is 2.20. The predicted molar refractivity (Wildman–Crippen MR) is 66.4 cm³/mol. The minimum Gasteiger partial charge on any atom is -0.341 e. The van der Waals surface area contributed by atoms with Crippen molar-refractivity contribution in [3.63, 3.8) is 0 Å². The van der Waals surface area contributed by atoms with Gasteiger partial charge in [0.25, 0.3) is 5.91 Å². The van der Waals surface area contributed by atoms with Crippen molar-refractivity contribution < 1.29 is 4.79 Å². The third kappa shape index (κ3) is 3.59. The van der Waals surface area contributed by atoms with E-state index in [9.17, 15) is 4.79 Å². The summed E-state index contributed by atoms with van der Waals surface area (Å²) in [6, 6.07) is 3.50. The first kappa shape index (κ1) is 12.6. The fourth-order valence-electron chi connectivity index (χ4n) is 1.11. The van der Waals surface area contributed by atoms with Gasteiger partial charge >= 0.3 is 0 Å². The van der Waals surface area contributed by atoms with E-state index in [0.717, 1.165) is 5.03 Å². The molecule has 0 bridgehead atoms. The maximum atomic E-state index is 11.7. The Kier molecular flexibility index (Phi) is 4.87. The Morgan fingerprint density at radius 2 is 2.44 bits per heavy atom. The van der Waals surface area contributed by atoms with E-state index < -0.39 is 0 Å². The van der Waals surface area contributed by atoms with Gasteiger partial charge in [-0.2, -0.15) is 0 Å². The molecule has 0 aliphatic rings. The molecule has 0 saturated heterocycles. The number of terminal acetylenes is 1. The van der Waals surface area contributed by atoms with Gasteiger partial charge in [0.05, 0.1) is 12.1 Å². The van der Waals surface area contributed by atoms with E-state index in [1.54, 1.807) is 30.1 Å². The Hall–Kier alpha value is -1.47. The Bertz CT molecular complexity index is 410. The number of hydrogen-bond donors (Lipinski definition) is 1. The van der Waals surface area contributed by atoms with Gasteiger partial charge in [-0.25, -0.2) is 4.98 Å². The molecule has 0 aromatic carbocycles. The van der Waals surface area contributed by atoms with Crippen LogP contribution in [0.25, 0.3) is 0 Å². The Morgan fingerprint density at radius 1 is 1.69 bits per heavy atom. The highest BCUT2D eigenvalue weighted by Gasteiger charge is 2.12. The number of thioether (sulfide) groups is 1. The zero-order valence-corrected chi connectivity index (χ0v) is 10.2. The summed E-state index contributed by atoms with van der Waals surface area (Å²) in [7, 11) is 0. The molecule has 16 heavy (non-hydrogen) atoms. The van der Waals surface area contributed by atoms with E-state index in [-0.39, 0.29) is 12.5 Å². The number of pyridine rings is 1. The third-order valence-electron chi connectivity index (χ3n) is 1.71. The lowest BCUT2D eigenvalue weighted by molar-refractivity contribution is 0.0955. The molecule has 1 aromatic rings. The van der Waals surface area contributed by atoms with Crippen LogP contribution in [0.2, 0.25) is 0 Å². The van der Waals surface area contributed by atoms with Crippen molar-refractivity contribution >= 4 is 17.7 Å². The SMILES string of the molecule is C#CCNC(=O)c1cccnc1SC(C)C. The Labute approximate surface area is 100 Å². The van der Waals surface area contributed by atoms with Crippen molar-refractivity contribution in [1.29, 1.82) is 0 Å². The molecule has 0 radical (unpaired) electrons. The number of carbonyl (C=O) groups is 1. The van der Waals surface area contributed by atoms with Gasteiger partial charge < -0.3 is 5.32 Å². The number of aromatic nitrogens is 1. The molecular weight excluding hydrogens is 220 g/mol. The highest BCUT2D eigenvalue weighted by Crippen LogP contribution is 2.23. The lowest BCUT2D eigenvalue weighted by Crippen LogP contribution is -2.24. The van der Waals surface area contributed by atoms with E-state index in [1.807, 2.05) is 0 Å². The Morgan fingerprint density at radius 3 is 3.06 bits per heavy atom. The van der Waals surface area contributed by atoms with E-state index in [1.165, 1.54) is 0 Å². The summed E-state index contributed by atoms with van der Waals surface area (Å²) in [4.78, 5) is 15.9. The van der Waals surface area contributed by atoms with Gasteiger partial charge in [-0.3, -0.25) is 4.79 Å². The summed E-state index contributed by atoms with van der Waals surface area (Å²) in [6.07, 6.45) is 6.77.